The van der Waals surface area contributed by atoms with E-state index in [9.17, 15) is 0 Å². The Morgan fingerprint density at radius 1 is 1.12 bits per heavy atom. The second-order valence-electron chi connectivity index (χ2n) is 6.31. The molecule has 6 heteroatoms. The number of nitrogens with zero attached hydrogens (tertiary/aromatic N) is 2. The van der Waals surface area contributed by atoms with Crippen molar-refractivity contribution >= 4 is 11.0 Å². The minimum Gasteiger partial charge on any atom is -0.493 e. The second-order valence-corrected chi connectivity index (χ2v) is 6.31. The standard InChI is InChI=1S/C18H24N4O2/c1-11(2)17-21-13-9-15(23-4)16(10-14(13)22-17)24-8-5-12(3)18-19-6-7-20-18/h6-7,9-12H,5,8H2,1-4H3,(H,19,20)(H,21,22). The monoisotopic (exact) mass is 328 g/mol. The molecule has 0 aliphatic carbocycles. The molecule has 1 aromatic carbocycles. The van der Waals surface area contributed by atoms with Gasteiger partial charge in [0.1, 0.15) is 11.6 Å². The smallest absolute Gasteiger partial charge is 0.163 e. The van der Waals surface area contributed by atoms with Crippen LogP contribution in [0.15, 0.2) is 24.5 Å². The summed E-state index contributed by atoms with van der Waals surface area (Å²) in [5.74, 6) is 4.05. The molecule has 0 aliphatic rings. The number of nitrogens with one attached hydrogen (secondary N) is 2. The van der Waals surface area contributed by atoms with Crippen LogP contribution >= 0.6 is 0 Å². The first-order chi connectivity index (χ1) is 11.6. The Balaban J connectivity index is 1.73. The Hall–Kier alpha value is -2.50. The highest BCUT2D eigenvalue weighted by molar-refractivity contribution is 5.79. The van der Waals surface area contributed by atoms with Gasteiger partial charge in [0.15, 0.2) is 11.5 Å². The molecule has 0 saturated heterocycles. The number of imidazole rings is 2. The van der Waals surface area contributed by atoms with Crippen LogP contribution in [0.5, 0.6) is 11.5 Å². The lowest BCUT2D eigenvalue weighted by atomic mass is 10.1. The van der Waals surface area contributed by atoms with Crippen molar-refractivity contribution in [1.82, 2.24) is 19.9 Å². The summed E-state index contributed by atoms with van der Waals surface area (Å²) in [4.78, 5) is 15.4. The molecule has 1 unspecified atom stereocenters. The van der Waals surface area contributed by atoms with E-state index in [1.807, 2.05) is 18.3 Å². The molecular weight excluding hydrogens is 304 g/mol. The van der Waals surface area contributed by atoms with Crippen LogP contribution < -0.4 is 9.47 Å². The molecular formula is C18H24N4O2. The predicted molar refractivity (Wildman–Crippen MR) is 93.8 cm³/mol. The molecule has 0 radical (unpaired) electrons. The maximum absolute atomic E-state index is 5.96. The number of aromatic amines is 2. The van der Waals surface area contributed by atoms with Gasteiger partial charge in [0.2, 0.25) is 0 Å². The average Bonchev–Trinajstić information content (AvgIpc) is 3.23. The first-order valence-corrected chi connectivity index (χ1v) is 8.28. The highest BCUT2D eigenvalue weighted by atomic mass is 16.5. The third-order valence-corrected chi connectivity index (χ3v) is 4.13. The zero-order valence-corrected chi connectivity index (χ0v) is 14.6. The van der Waals surface area contributed by atoms with Crippen LogP contribution in [0.1, 0.15) is 50.7 Å². The molecule has 24 heavy (non-hydrogen) atoms. The van der Waals surface area contributed by atoms with Crippen molar-refractivity contribution in [3.05, 3.63) is 36.2 Å². The van der Waals surface area contributed by atoms with Gasteiger partial charge in [-0.2, -0.15) is 0 Å². The van der Waals surface area contributed by atoms with Crippen LogP contribution in [0, 0.1) is 0 Å². The minimum absolute atomic E-state index is 0.314. The fraction of sp³-hybridized carbons (Fsp3) is 0.444. The van der Waals surface area contributed by atoms with E-state index < -0.39 is 0 Å². The fourth-order valence-corrected chi connectivity index (χ4v) is 2.61. The molecule has 0 aliphatic heterocycles. The molecule has 0 spiro atoms. The van der Waals surface area contributed by atoms with Gasteiger partial charge in [-0.1, -0.05) is 20.8 Å². The van der Waals surface area contributed by atoms with Crippen molar-refractivity contribution in [2.24, 2.45) is 0 Å². The van der Waals surface area contributed by atoms with E-state index in [2.05, 4.69) is 40.7 Å². The number of aromatic nitrogens is 4. The molecule has 3 rings (SSSR count). The number of methoxy groups -OCH3 is 1. The first-order valence-electron chi connectivity index (χ1n) is 8.28. The highest BCUT2D eigenvalue weighted by Crippen LogP contribution is 2.32. The number of benzene rings is 1. The second kappa shape index (κ2) is 6.95. The molecule has 3 aromatic rings. The number of hydrogen-bond acceptors (Lipinski definition) is 4. The van der Waals surface area contributed by atoms with E-state index in [4.69, 9.17) is 9.47 Å². The number of rotatable bonds is 7. The van der Waals surface area contributed by atoms with E-state index in [1.165, 1.54) is 0 Å². The summed E-state index contributed by atoms with van der Waals surface area (Å²) >= 11 is 0. The van der Waals surface area contributed by atoms with Gasteiger partial charge in [0, 0.05) is 36.4 Å². The molecule has 0 saturated carbocycles. The summed E-state index contributed by atoms with van der Waals surface area (Å²) in [5.41, 5.74) is 1.86. The van der Waals surface area contributed by atoms with Gasteiger partial charge in [-0.05, 0) is 6.42 Å². The predicted octanol–water partition coefficient (Wildman–Crippen LogP) is 3.99. The van der Waals surface area contributed by atoms with E-state index in [0.717, 1.165) is 34.9 Å². The normalized spacial score (nSPS) is 12.7. The van der Waals surface area contributed by atoms with Crippen LogP contribution in [-0.4, -0.2) is 33.7 Å². The molecule has 6 nitrogen and oxygen atoms in total. The van der Waals surface area contributed by atoms with Gasteiger partial charge in [0.25, 0.3) is 0 Å². The van der Waals surface area contributed by atoms with E-state index >= 15 is 0 Å². The summed E-state index contributed by atoms with van der Waals surface area (Å²) in [6.07, 6.45) is 4.48. The fourth-order valence-electron chi connectivity index (χ4n) is 2.61. The molecule has 2 heterocycles. The summed E-state index contributed by atoms with van der Waals surface area (Å²) in [5, 5.41) is 0. The summed E-state index contributed by atoms with van der Waals surface area (Å²) in [6, 6.07) is 3.88. The molecule has 2 N–H and O–H groups in total. The summed E-state index contributed by atoms with van der Waals surface area (Å²) in [7, 11) is 1.65. The van der Waals surface area contributed by atoms with Crippen LogP contribution in [0.3, 0.4) is 0 Å². The molecule has 128 valence electrons. The van der Waals surface area contributed by atoms with Crippen LogP contribution in [0.25, 0.3) is 11.0 Å². The Kier molecular flexibility index (Phi) is 4.74. The van der Waals surface area contributed by atoms with Gasteiger partial charge in [-0.15, -0.1) is 0 Å². The maximum Gasteiger partial charge on any atom is 0.163 e. The lowest BCUT2D eigenvalue weighted by Gasteiger charge is -2.13. The Morgan fingerprint density at radius 3 is 2.62 bits per heavy atom. The van der Waals surface area contributed by atoms with Crippen molar-refractivity contribution in [2.45, 2.75) is 39.0 Å². The van der Waals surface area contributed by atoms with Gasteiger partial charge in [-0.25, -0.2) is 9.97 Å². The van der Waals surface area contributed by atoms with Crippen molar-refractivity contribution in [2.75, 3.05) is 13.7 Å². The minimum atomic E-state index is 0.314. The number of H-pyrrole nitrogens is 2. The van der Waals surface area contributed by atoms with Crippen molar-refractivity contribution in [1.29, 1.82) is 0 Å². The summed E-state index contributed by atoms with van der Waals surface area (Å²) in [6.45, 7) is 6.95. The third-order valence-electron chi connectivity index (χ3n) is 4.13. The van der Waals surface area contributed by atoms with Gasteiger partial charge >= 0.3 is 0 Å². The van der Waals surface area contributed by atoms with E-state index in [-0.39, 0.29) is 0 Å². The van der Waals surface area contributed by atoms with Crippen molar-refractivity contribution in [3.8, 4) is 11.5 Å². The Morgan fingerprint density at radius 2 is 1.96 bits per heavy atom. The van der Waals surface area contributed by atoms with Gasteiger partial charge in [0.05, 0.1) is 24.8 Å². The maximum atomic E-state index is 5.96. The quantitative estimate of drug-likeness (QED) is 0.687. The zero-order chi connectivity index (χ0) is 17.1. The van der Waals surface area contributed by atoms with Crippen molar-refractivity contribution < 1.29 is 9.47 Å². The number of fused-ring (bicyclic) bond motifs is 1. The van der Waals surface area contributed by atoms with E-state index in [0.29, 0.717) is 24.2 Å². The number of hydrogen-bond donors (Lipinski definition) is 2. The molecule has 0 bridgehead atoms. The van der Waals surface area contributed by atoms with Crippen LogP contribution in [0.4, 0.5) is 0 Å². The molecule has 2 aromatic heterocycles. The highest BCUT2D eigenvalue weighted by Gasteiger charge is 2.13. The Bertz CT molecular complexity index is 793. The van der Waals surface area contributed by atoms with Gasteiger partial charge in [-0.3, -0.25) is 0 Å². The average molecular weight is 328 g/mol. The Labute approximate surface area is 141 Å². The van der Waals surface area contributed by atoms with Gasteiger partial charge < -0.3 is 19.4 Å². The van der Waals surface area contributed by atoms with E-state index in [1.54, 1.807) is 13.3 Å². The number of ether oxygens (including phenoxy) is 2. The molecule has 0 fully saturated rings. The SMILES string of the molecule is COc1cc2nc(C(C)C)[nH]c2cc1OCCC(C)c1ncc[nH]1. The zero-order valence-electron chi connectivity index (χ0n) is 14.6. The third kappa shape index (κ3) is 3.37. The molecule has 0 amide bonds. The lowest BCUT2D eigenvalue weighted by molar-refractivity contribution is 0.281. The van der Waals surface area contributed by atoms with Crippen LogP contribution in [0.2, 0.25) is 0 Å². The first kappa shape index (κ1) is 16.4. The lowest BCUT2D eigenvalue weighted by Crippen LogP contribution is -2.05. The van der Waals surface area contributed by atoms with Crippen molar-refractivity contribution in [3.63, 3.8) is 0 Å². The summed E-state index contributed by atoms with van der Waals surface area (Å²) < 4.78 is 11.4. The topological polar surface area (TPSA) is 75.8 Å². The van der Waals surface area contributed by atoms with Crippen LogP contribution in [-0.2, 0) is 0 Å². The molecule has 1 atom stereocenters. The largest absolute Gasteiger partial charge is 0.493 e.